The van der Waals surface area contributed by atoms with E-state index in [-0.39, 0.29) is 14.3 Å². The second-order valence-electron chi connectivity index (χ2n) is 3.64. The van der Waals surface area contributed by atoms with Crippen LogP contribution in [0.1, 0.15) is 11.9 Å². The molecule has 0 saturated heterocycles. The Bertz CT molecular complexity index is 767. The van der Waals surface area contributed by atoms with Crippen molar-refractivity contribution in [2.45, 2.75) is 17.6 Å². The Labute approximate surface area is 127 Å². The van der Waals surface area contributed by atoms with Crippen molar-refractivity contribution < 1.29 is 13.3 Å². The van der Waals surface area contributed by atoms with E-state index in [0.717, 1.165) is 17.4 Å². The minimum Gasteiger partial charge on any atom is -0.310 e. The van der Waals surface area contributed by atoms with Gasteiger partial charge in [0.05, 0.1) is 4.92 Å². The highest BCUT2D eigenvalue weighted by Crippen LogP contribution is 2.37. The van der Waals surface area contributed by atoms with Gasteiger partial charge in [-0.15, -0.1) is 10.2 Å². The highest BCUT2D eigenvalue weighted by molar-refractivity contribution is 7.95. The number of nitrogens with one attached hydrogen (secondary N) is 2. The Morgan fingerprint density at radius 2 is 2.14 bits per heavy atom. The summed E-state index contributed by atoms with van der Waals surface area (Å²) in [5.74, 6) is 5.14. The van der Waals surface area contributed by atoms with Gasteiger partial charge in [0.1, 0.15) is 9.22 Å². The van der Waals surface area contributed by atoms with Gasteiger partial charge in [-0.2, -0.15) is 0 Å². The summed E-state index contributed by atoms with van der Waals surface area (Å²) in [6, 6.07) is 0.934. The lowest BCUT2D eigenvalue weighted by atomic mass is 10.5. The monoisotopic (exact) mass is 350 g/mol. The van der Waals surface area contributed by atoms with Crippen molar-refractivity contribution >= 4 is 48.5 Å². The molecule has 13 heteroatoms. The fraction of sp³-hybridized carbons (Fsp3) is 0.250. The van der Waals surface area contributed by atoms with E-state index in [0.29, 0.717) is 22.8 Å². The third-order valence-electron chi connectivity index (χ3n) is 2.27. The summed E-state index contributed by atoms with van der Waals surface area (Å²) < 4.78 is 26.3. The van der Waals surface area contributed by atoms with E-state index in [9.17, 15) is 18.5 Å². The lowest BCUT2D eigenvalue weighted by Crippen LogP contribution is -2.11. The number of nitrogens with two attached hydrogens (primary N) is 1. The zero-order valence-electron chi connectivity index (χ0n) is 10.6. The summed E-state index contributed by atoms with van der Waals surface area (Å²) in [5.41, 5.74) is 1.70. The summed E-state index contributed by atoms with van der Waals surface area (Å²) in [5, 5.41) is 19.0. The van der Waals surface area contributed by atoms with Crippen LogP contribution in [0.4, 0.5) is 15.8 Å². The van der Waals surface area contributed by atoms with Crippen LogP contribution in [0.15, 0.2) is 10.3 Å². The summed E-state index contributed by atoms with van der Waals surface area (Å²) >= 11 is 1.75. The first kappa shape index (κ1) is 15.6. The first-order valence-electron chi connectivity index (χ1n) is 5.47. The molecule has 2 aromatic rings. The van der Waals surface area contributed by atoms with E-state index in [4.69, 9.17) is 5.84 Å². The minimum absolute atomic E-state index is 0.0492. The number of sulfonamides is 1. The first-order chi connectivity index (χ1) is 9.87. The molecule has 114 valence electrons. The molecular formula is C8H10N6O4S3. The van der Waals surface area contributed by atoms with E-state index in [1.807, 2.05) is 6.92 Å². The molecule has 0 saturated carbocycles. The molecule has 0 aliphatic carbocycles. The normalized spacial score (nSPS) is 11.3. The second-order valence-corrected chi connectivity index (χ2v) is 7.66. The third kappa shape index (κ3) is 3.26. The summed E-state index contributed by atoms with van der Waals surface area (Å²) in [6.45, 7) is 1.86. The average molecular weight is 350 g/mol. The van der Waals surface area contributed by atoms with Crippen LogP contribution in [-0.4, -0.2) is 23.5 Å². The Morgan fingerprint density at radius 3 is 2.62 bits per heavy atom. The number of aryl methyl sites for hydroxylation is 1. The number of hydrazine groups is 1. The van der Waals surface area contributed by atoms with Crippen LogP contribution in [-0.2, 0) is 16.4 Å². The van der Waals surface area contributed by atoms with Crippen LogP contribution in [0.2, 0.25) is 0 Å². The standard InChI is InChI=1S/C8H10N6O4S3/c1-2-5-11-12-8(19-5)13-21(17,18)6-3-4(14(15)16)7(10-9)20-6/h3,10H,2,9H2,1H3,(H,12,13). The first-order valence-corrected chi connectivity index (χ1v) is 8.59. The van der Waals surface area contributed by atoms with Gasteiger partial charge >= 0.3 is 5.69 Å². The predicted octanol–water partition coefficient (Wildman–Crippen LogP) is 1.16. The maximum Gasteiger partial charge on any atom is 0.306 e. The maximum atomic E-state index is 12.2. The summed E-state index contributed by atoms with van der Waals surface area (Å²) in [7, 11) is -3.98. The Hall–Kier alpha value is -1.83. The van der Waals surface area contributed by atoms with Crippen LogP contribution in [0.3, 0.4) is 0 Å². The second kappa shape index (κ2) is 5.88. The van der Waals surface area contributed by atoms with Gasteiger partial charge in [0.25, 0.3) is 10.0 Å². The molecule has 0 bridgehead atoms. The molecule has 0 unspecified atom stereocenters. The highest BCUT2D eigenvalue weighted by Gasteiger charge is 2.26. The minimum atomic E-state index is -3.98. The van der Waals surface area contributed by atoms with Gasteiger partial charge < -0.3 is 5.43 Å². The third-order valence-corrected chi connectivity index (χ3v) is 6.25. The highest BCUT2D eigenvalue weighted by atomic mass is 32.2. The number of rotatable bonds is 6. The zero-order valence-corrected chi connectivity index (χ0v) is 13.0. The zero-order chi connectivity index (χ0) is 15.6. The topological polar surface area (TPSA) is 153 Å². The van der Waals surface area contributed by atoms with Gasteiger partial charge in [-0.3, -0.25) is 14.8 Å². The maximum absolute atomic E-state index is 12.2. The van der Waals surface area contributed by atoms with Crippen molar-refractivity contribution in [2.75, 3.05) is 10.1 Å². The van der Waals surface area contributed by atoms with E-state index in [1.165, 1.54) is 0 Å². The lowest BCUT2D eigenvalue weighted by Gasteiger charge is -2.00. The van der Waals surface area contributed by atoms with Gasteiger partial charge in [0, 0.05) is 6.07 Å². The van der Waals surface area contributed by atoms with Crippen molar-refractivity contribution in [3.8, 4) is 0 Å². The number of thiophene rings is 1. The van der Waals surface area contributed by atoms with E-state index < -0.39 is 20.6 Å². The van der Waals surface area contributed by atoms with Crippen molar-refractivity contribution in [1.82, 2.24) is 10.2 Å². The van der Waals surface area contributed by atoms with E-state index in [1.54, 1.807) is 0 Å². The molecule has 0 radical (unpaired) electrons. The predicted molar refractivity (Wildman–Crippen MR) is 78.9 cm³/mol. The summed E-state index contributed by atoms with van der Waals surface area (Å²) in [4.78, 5) is 10.1. The smallest absolute Gasteiger partial charge is 0.306 e. The molecule has 2 rings (SSSR count). The molecule has 21 heavy (non-hydrogen) atoms. The fourth-order valence-electron chi connectivity index (χ4n) is 1.33. The van der Waals surface area contributed by atoms with Crippen LogP contribution < -0.4 is 16.0 Å². The fourth-order valence-corrected chi connectivity index (χ4v) is 4.48. The quantitative estimate of drug-likeness (QED) is 0.398. The molecule has 0 amide bonds. The number of anilines is 2. The molecule has 0 atom stereocenters. The Morgan fingerprint density at radius 1 is 1.43 bits per heavy atom. The number of aromatic nitrogens is 2. The average Bonchev–Trinajstić information content (AvgIpc) is 3.04. The molecular weight excluding hydrogens is 340 g/mol. The Balaban J connectivity index is 2.33. The van der Waals surface area contributed by atoms with Crippen molar-refractivity contribution in [1.29, 1.82) is 0 Å². The van der Waals surface area contributed by atoms with Crippen LogP contribution in [0.25, 0.3) is 0 Å². The van der Waals surface area contributed by atoms with Crippen LogP contribution in [0.5, 0.6) is 0 Å². The number of nitrogens with zero attached hydrogens (tertiary/aromatic N) is 3. The molecule has 0 aliphatic rings. The molecule has 0 fully saturated rings. The molecule has 4 N–H and O–H groups in total. The van der Waals surface area contributed by atoms with E-state index >= 15 is 0 Å². The number of hydrogen-bond acceptors (Lipinski definition) is 10. The molecule has 0 aromatic carbocycles. The lowest BCUT2D eigenvalue weighted by molar-refractivity contribution is -0.383. The van der Waals surface area contributed by atoms with Crippen molar-refractivity contribution in [2.24, 2.45) is 5.84 Å². The van der Waals surface area contributed by atoms with Gasteiger partial charge in [-0.05, 0) is 6.42 Å². The van der Waals surface area contributed by atoms with Gasteiger partial charge in [-0.1, -0.05) is 29.6 Å². The van der Waals surface area contributed by atoms with Crippen LogP contribution in [0, 0.1) is 10.1 Å². The number of nitrogen functional groups attached to an aromatic ring is 1. The number of nitro groups is 1. The molecule has 2 heterocycles. The molecule has 2 aromatic heterocycles. The summed E-state index contributed by atoms with van der Waals surface area (Å²) in [6.07, 6.45) is 0.630. The Kier molecular flexibility index (Phi) is 4.36. The van der Waals surface area contributed by atoms with Gasteiger partial charge in [0.2, 0.25) is 5.13 Å². The number of hydrogen-bond donors (Lipinski definition) is 3. The SMILES string of the molecule is CCc1nnc(NS(=O)(=O)c2cc([N+](=O)[O-])c(NN)s2)s1. The van der Waals surface area contributed by atoms with E-state index in [2.05, 4.69) is 20.3 Å². The van der Waals surface area contributed by atoms with Crippen molar-refractivity contribution in [3.63, 3.8) is 0 Å². The molecule has 0 aliphatic heterocycles. The van der Waals surface area contributed by atoms with Crippen molar-refractivity contribution in [3.05, 3.63) is 21.2 Å². The van der Waals surface area contributed by atoms with Crippen LogP contribution >= 0.6 is 22.7 Å². The largest absolute Gasteiger partial charge is 0.310 e. The van der Waals surface area contributed by atoms with Gasteiger partial charge in [0.15, 0.2) is 5.00 Å². The molecule has 10 nitrogen and oxygen atoms in total. The van der Waals surface area contributed by atoms with Gasteiger partial charge in [-0.25, -0.2) is 14.3 Å². The molecule has 0 spiro atoms.